The molecule has 7 nitrogen and oxygen atoms in total. The highest BCUT2D eigenvalue weighted by molar-refractivity contribution is 7.99. The van der Waals surface area contributed by atoms with Crippen LogP contribution in [-0.4, -0.2) is 53.1 Å². The molecule has 0 bridgehead atoms. The molecule has 1 aromatic rings. The normalized spacial score (nSPS) is 18.5. The molecule has 4 N–H and O–H groups in total. The van der Waals surface area contributed by atoms with Crippen molar-refractivity contribution >= 4 is 41.1 Å². The number of carboxylic acid groups (broad SMARTS) is 1. The van der Waals surface area contributed by atoms with Gasteiger partial charge in [0, 0.05) is 35.5 Å². The Bertz CT molecular complexity index is 693. The van der Waals surface area contributed by atoms with E-state index in [2.05, 4.69) is 16.0 Å². The lowest BCUT2D eigenvalue weighted by Crippen LogP contribution is -2.46. The van der Waals surface area contributed by atoms with Gasteiger partial charge in [-0.25, -0.2) is 4.79 Å². The molecule has 2 amide bonds. The van der Waals surface area contributed by atoms with E-state index >= 15 is 0 Å². The third-order valence-corrected chi connectivity index (χ3v) is 5.77. The smallest absolute Gasteiger partial charge is 0.326 e. The van der Waals surface area contributed by atoms with Crippen LogP contribution < -0.4 is 16.0 Å². The fourth-order valence-corrected chi connectivity index (χ4v) is 3.99. The van der Waals surface area contributed by atoms with Gasteiger partial charge < -0.3 is 15.7 Å². The van der Waals surface area contributed by atoms with Gasteiger partial charge >= 0.3 is 5.97 Å². The molecule has 1 saturated heterocycles. The summed E-state index contributed by atoms with van der Waals surface area (Å²) in [5, 5.41) is 18.4. The first kappa shape index (κ1) is 22.5. The molecule has 0 aromatic heterocycles. The number of halogens is 1. The van der Waals surface area contributed by atoms with Crippen molar-refractivity contribution in [3.8, 4) is 0 Å². The van der Waals surface area contributed by atoms with Crippen molar-refractivity contribution in [3.05, 3.63) is 34.9 Å². The zero-order valence-electron chi connectivity index (χ0n) is 15.9. The van der Waals surface area contributed by atoms with E-state index in [-0.39, 0.29) is 42.7 Å². The molecular weight excluding hydrogens is 402 g/mol. The van der Waals surface area contributed by atoms with Gasteiger partial charge in [-0.05, 0) is 23.6 Å². The average Bonchev–Trinajstić information content (AvgIpc) is 3.18. The molecule has 0 spiro atoms. The van der Waals surface area contributed by atoms with E-state index in [1.165, 1.54) is 0 Å². The Morgan fingerprint density at radius 3 is 2.50 bits per heavy atom. The zero-order valence-corrected chi connectivity index (χ0v) is 17.5. The predicted octanol–water partition coefficient (Wildman–Crippen LogP) is 1.82. The fourth-order valence-electron chi connectivity index (χ4n) is 2.92. The summed E-state index contributed by atoms with van der Waals surface area (Å²) in [6, 6.07) is 5.90. The Hall–Kier alpha value is -1.77. The number of carboxylic acids is 1. The Morgan fingerprint density at radius 1 is 1.29 bits per heavy atom. The fraction of sp³-hybridized carbons (Fsp3) is 0.526. The number of nitrogens with one attached hydrogen (secondary N) is 3. The van der Waals surface area contributed by atoms with E-state index in [9.17, 15) is 19.5 Å². The van der Waals surface area contributed by atoms with Gasteiger partial charge in [-0.3, -0.25) is 14.9 Å². The van der Waals surface area contributed by atoms with Gasteiger partial charge in [0.2, 0.25) is 11.8 Å². The van der Waals surface area contributed by atoms with Crippen LogP contribution in [-0.2, 0) is 14.4 Å². The highest BCUT2D eigenvalue weighted by atomic mass is 35.5. The highest BCUT2D eigenvalue weighted by Gasteiger charge is 2.27. The second-order valence-corrected chi connectivity index (χ2v) is 8.56. The van der Waals surface area contributed by atoms with Crippen molar-refractivity contribution in [1.29, 1.82) is 0 Å². The Labute approximate surface area is 174 Å². The van der Waals surface area contributed by atoms with Crippen LogP contribution in [0.5, 0.6) is 0 Å². The van der Waals surface area contributed by atoms with Crippen molar-refractivity contribution in [2.24, 2.45) is 5.92 Å². The minimum Gasteiger partial charge on any atom is -0.480 e. The SMILES string of the molecule is CC(C)[C@H](NC(=O)CC(CNC(=O)[C@@H]1CSCN1)c1ccc(Cl)cc1)C(=O)O. The van der Waals surface area contributed by atoms with E-state index in [1.807, 2.05) is 12.1 Å². The molecule has 1 aliphatic heterocycles. The number of aliphatic carboxylic acids is 1. The number of thioether (sulfide) groups is 1. The minimum absolute atomic E-state index is 0.0608. The van der Waals surface area contributed by atoms with Crippen LogP contribution in [0.3, 0.4) is 0 Å². The number of carbonyl (C=O) groups excluding carboxylic acids is 2. The lowest BCUT2D eigenvalue weighted by atomic mass is 9.94. The van der Waals surface area contributed by atoms with Crippen LogP contribution in [0.4, 0.5) is 0 Å². The lowest BCUT2D eigenvalue weighted by molar-refractivity contribution is -0.143. The first-order chi connectivity index (χ1) is 13.3. The van der Waals surface area contributed by atoms with E-state index in [1.54, 1.807) is 37.7 Å². The molecule has 0 saturated carbocycles. The van der Waals surface area contributed by atoms with E-state index in [0.717, 1.165) is 11.4 Å². The van der Waals surface area contributed by atoms with Gasteiger partial charge in [0.25, 0.3) is 0 Å². The molecule has 9 heteroatoms. The van der Waals surface area contributed by atoms with Crippen molar-refractivity contribution < 1.29 is 19.5 Å². The van der Waals surface area contributed by atoms with Crippen LogP contribution in [0.15, 0.2) is 24.3 Å². The second kappa shape index (κ2) is 10.7. The third-order valence-electron chi connectivity index (χ3n) is 4.58. The molecule has 28 heavy (non-hydrogen) atoms. The van der Waals surface area contributed by atoms with E-state index in [0.29, 0.717) is 10.8 Å². The van der Waals surface area contributed by atoms with Crippen LogP contribution in [0, 0.1) is 5.92 Å². The molecule has 1 unspecified atom stereocenters. The number of amides is 2. The predicted molar refractivity (Wildman–Crippen MR) is 110 cm³/mol. The Morgan fingerprint density at radius 2 is 1.96 bits per heavy atom. The summed E-state index contributed by atoms with van der Waals surface area (Å²) in [4.78, 5) is 36.1. The van der Waals surface area contributed by atoms with Crippen molar-refractivity contribution in [1.82, 2.24) is 16.0 Å². The largest absolute Gasteiger partial charge is 0.480 e. The molecular formula is C19H26ClN3O4S. The minimum atomic E-state index is -1.07. The third kappa shape index (κ3) is 6.68. The molecule has 154 valence electrons. The molecule has 3 atom stereocenters. The number of benzene rings is 1. The zero-order chi connectivity index (χ0) is 20.7. The Balaban J connectivity index is 2.04. The van der Waals surface area contributed by atoms with Crippen LogP contribution in [0.25, 0.3) is 0 Å². The summed E-state index contributed by atoms with van der Waals surface area (Å²) in [5.41, 5.74) is 0.852. The van der Waals surface area contributed by atoms with Crippen molar-refractivity contribution in [2.45, 2.75) is 38.3 Å². The summed E-state index contributed by atoms with van der Waals surface area (Å²) < 4.78 is 0. The Kier molecular flexibility index (Phi) is 8.59. The van der Waals surface area contributed by atoms with Crippen molar-refractivity contribution in [3.63, 3.8) is 0 Å². The summed E-state index contributed by atoms with van der Waals surface area (Å²) in [6.07, 6.45) is 0.0608. The summed E-state index contributed by atoms with van der Waals surface area (Å²) in [7, 11) is 0. The number of hydrogen-bond acceptors (Lipinski definition) is 5. The van der Waals surface area contributed by atoms with Crippen LogP contribution >= 0.6 is 23.4 Å². The topological polar surface area (TPSA) is 108 Å². The molecule has 1 heterocycles. The van der Waals surface area contributed by atoms with E-state index < -0.39 is 12.0 Å². The van der Waals surface area contributed by atoms with Crippen LogP contribution in [0.1, 0.15) is 31.7 Å². The van der Waals surface area contributed by atoms with E-state index in [4.69, 9.17) is 11.6 Å². The monoisotopic (exact) mass is 427 g/mol. The number of hydrogen-bond donors (Lipinski definition) is 4. The maximum absolute atomic E-state index is 12.5. The lowest BCUT2D eigenvalue weighted by Gasteiger charge is -2.22. The van der Waals surface area contributed by atoms with Gasteiger partial charge in [-0.1, -0.05) is 37.6 Å². The van der Waals surface area contributed by atoms with Gasteiger partial charge in [0.15, 0.2) is 0 Å². The van der Waals surface area contributed by atoms with Gasteiger partial charge in [0.1, 0.15) is 6.04 Å². The van der Waals surface area contributed by atoms with Gasteiger partial charge in [-0.2, -0.15) is 0 Å². The maximum Gasteiger partial charge on any atom is 0.326 e. The maximum atomic E-state index is 12.5. The molecule has 2 rings (SSSR count). The molecule has 1 aliphatic rings. The molecule has 0 radical (unpaired) electrons. The second-order valence-electron chi connectivity index (χ2n) is 7.10. The van der Waals surface area contributed by atoms with Gasteiger partial charge in [0.05, 0.1) is 6.04 Å². The summed E-state index contributed by atoms with van der Waals surface area (Å²) in [6.45, 7) is 3.75. The summed E-state index contributed by atoms with van der Waals surface area (Å²) in [5.74, 6) is -0.610. The first-order valence-corrected chi connectivity index (χ1v) is 10.7. The highest BCUT2D eigenvalue weighted by Crippen LogP contribution is 2.22. The first-order valence-electron chi connectivity index (χ1n) is 9.14. The standard InChI is InChI=1S/C19H26ClN3O4S/c1-11(2)17(19(26)27)23-16(24)7-13(12-3-5-14(20)6-4-12)8-21-18(25)15-9-28-10-22-15/h3-6,11,13,15,17,22H,7-10H2,1-2H3,(H,21,25)(H,23,24)(H,26,27)/t13?,15-,17-/m0/s1. The number of carbonyl (C=O) groups is 3. The number of rotatable bonds is 9. The quantitative estimate of drug-likeness (QED) is 0.479. The van der Waals surface area contributed by atoms with Crippen LogP contribution in [0.2, 0.25) is 5.02 Å². The summed E-state index contributed by atoms with van der Waals surface area (Å²) >= 11 is 7.61. The van der Waals surface area contributed by atoms with Crippen molar-refractivity contribution in [2.75, 3.05) is 18.2 Å². The molecule has 0 aliphatic carbocycles. The average molecular weight is 428 g/mol. The van der Waals surface area contributed by atoms with Gasteiger partial charge in [-0.15, -0.1) is 11.8 Å². The molecule has 1 fully saturated rings. The molecule has 1 aromatic carbocycles.